The standard InChI is InChI=1S/C15H25ClN2O/c1-10(2)12-5-7-15(19,8-6-12)9-13-14(16)11(3)17-18(13)4/h10,12,19H,5-9H2,1-4H3. The second-order valence-electron chi connectivity index (χ2n) is 6.45. The van der Waals surface area contributed by atoms with Crippen LogP contribution in [-0.2, 0) is 13.5 Å². The Bertz CT molecular complexity index is 445. The number of rotatable bonds is 3. The molecule has 1 fully saturated rings. The summed E-state index contributed by atoms with van der Waals surface area (Å²) in [6, 6.07) is 0. The fraction of sp³-hybridized carbons (Fsp3) is 0.800. The number of aryl methyl sites for hydroxylation is 2. The van der Waals surface area contributed by atoms with Crippen molar-refractivity contribution in [2.24, 2.45) is 18.9 Å². The lowest BCUT2D eigenvalue weighted by molar-refractivity contribution is -0.0159. The topological polar surface area (TPSA) is 38.0 Å². The van der Waals surface area contributed by atoms with Crippen molar-refractivity contribution >= 4 is 11.6 Å². The van der Waals surface area contributed by atoms with E-state index in [-0.39, 0.29) is 0 Å². The van der Waals surface area contributed by atoms with E-state index in [4.69, 9.17) is 11.6 Å². The molecule has 0 atom stereocenters. The highest BCUT2D eigenvalue weighted by Crippen LogP contribution is 2.38. The molecule has 1 N–H and O–H groups in total. The fourth-order valence-electron chi connectivity index (χ4n) is 3.20. The molecule has 0 radical (unpaired) electrons. The van der Waals surface area contributed by atoms with Crippen LogP contribution in [0.25, 0.3) is 0 Å². The summed E-state index contributed by atoms with van der Waals surface area (Å²) in [5.74, 6) is 1.47. The Hall–Kier alpha value is -0.540. The molecule has 2 rings (SSSR count). The van der Waals surface area contributed by atoms with Gasteiger partial charge in [-0.3, -0.25) is 4.68 Å². The largest absolute Gasteiger partial charge is 0.389 e. The molecule has 0 amide bonds. The summed E-state index contributed by atoms with van der Waals surface area (Å²) in [5, 5.41) is 15.8. The molecular formula is C15H25ClN2O. The normalized spacial score (nSPS) is 28.1. The summed E-state index contributed by atoms with van der Waals surface area (Å²) in [5.41, 5.74) is 1.21. The second kappa shape index (κ2) is 5.45. The zero-order chi connectivity index (χ0) is 14.2. The van der Waals surface area contributed by atoms with Crippen LogP contribution in [0.15, 0.2) is 0 Å². The lowest BCUT2D eigenvalue weighted by Gasteiger charge is -2.37. The summed E-state index contributed by atoms with van der Waals surface area (Å²) in [7, 11) is 1.90. The van der Waals surface area contributed by atoms with Crippen molar-refractivity contribution in [3.05, 3.63) is 16.4 Å². The number of aliphatic hydroxyl groups is 1. The molecule has 3 nitrogen and oxygen atoms in total. The molecule has 0 saturated heterocycles. The van der Waals surface area contributed by atoms with Gasteiger partial charge in [-0.15, -0.1) is 0 Å². The molecule has 1 aromatic rings. The minimum absolute atomic E-state index is 0.602. The van der Waals surface area contributed by atoms with Crippen LogP contribution in [0, 0.1) is 18.8 Å². The minimum Gasteiger partial charge on any atom is -0.389 e. The Morgan fingerprint density at radius 3 is 2.42 bits per heavy atom. The maximum Gasteiger partial charge on any atom is 0.0848 e. The molecule has 1 saturated carbocycles. The molecule has 0 bridgehead atoms. The van der Waals surface area contributed by atoms with Gasteiger partial charge in [0.05, 0.1) is 22.0 Å². The van der Waals surface area contributed by atoms with Crippen LogP contribution in [0.5, 0.6) is 0 Å². The summed E-state index contributed by atoms with van der Waals surface area (Å²) < 4.78 is 1.81. The van der Waals surface area contributed by atoms with Crippen LogP contribution >= 0.6 is 11.6 Å². The molecule has 0 aliphatic heterocycles. The average molecular weight is 285 g/mol. The van der Waals surface area contributed by atoms with Crippen molar-refractivity contribution in [2.75, 3.05) is 0 Å². The van der Waals surface area contributed by atoms with E-state index in [0.717, 1.165) is 43.0 Å². The predicted molar refractivity (Wildman–Crippen MR) is 78.4 cm³/mol. The number of hydrogen-bond donors (Lipinski definition) is 1. The van der Waals surface area contributed by atoms with Crippen molar-refractivity contribution in [1.82, 2.24) is 9.78 Å². The van der Waals surface area contributed by atoms with Crippen molar-refractivity contribution in [1.29, 1.82) is 0 Å². The van der Waals surface area contributed by atoms with E-state index < -0.39 is 5.60 Å². The van der Waals surface area contributed by atoms with Crippen LogP contribution in [0.2, 0.25) is 5.02 Å². The first-order valence-corrected chi connectivity index (χ1v) is 7.60. The van der Waals surface area contributed by atoms with Gasteiger partial charge in [-0.25, -0.2) is 0 Å². The van der Waals surface area contributed by atoms with Crippen LogP contribution in [0.4, 0.5) is 0 Å². The highest BCUT2D eigenvalue weighted by atomic mass is 35.5. The van der Waals surface area contributed by atoms with Crippen molar-refractivity contribution in [3.8, 4) is 0 Å². The molecule has 1 aliphatic rings. The molecule has 1 aliphatic carbocycles. The Morgan fingerprint density at radius 1 is 1.42 bits per heavy atom. The van der Waals surface area contributed by atoms with Crippen LogP contribution < -0.4 is 0 Å². The van der Waals surface area contributed by atoms with E-state index in [1.165, 1.54) is 0 Å². The van der Waals surface area contributed by atoms with E-state index in [9.17, 15) is 5.11 Å². The van der Waals surface area contributed by atoms with Gasteiger partial charge in [-0.05, 0) is 44.4 Å². The smallest absolute Gasteiger partial charge is 0.0848 e. The molecule has 19 heavy (non-hydrogen) atoms. The molecule has 1 aromatic heterocycles. The van der Waals surface area contributed by atoms with Crippen molar-refractivity contribution in [3.63, 3.8) is 0 Å². The number of aromatic nitrogens is 2. The molecule has 0 unspecified atom stereocenters. The lowest BCUT2D eigenvalue weighted by atomic mass is 9.73. The number of halogens is 1. The third-order valence-corrected chi connectivity index (χ3v) is 5.15. The summed E-state index contributed by atoms with van der Waals surface area (Å²) in [4.78, 5) is 0. The van der Waals surface area contributed by atoms with Gasteiger partial charge < -0.3 is 5.11 Å². The van der Waals surface area contributed by atoms with Crippen LogP contribution in [0.3, 0.4) is 0 Å². The van der Waals surface area contributed by atoms with Gasteiger partial charge in [0.1, 0.15) is 0 Å². The van der Waals surface area contributed by atoms with E-state index in [2.05, 4.69) is 18.9 Å². The first-order chi connectivity index (χ1) is 8.82. The number of hydrogen-bond acceptors (Lipinski definition) is 2. The second-order valence-corrected chi connectivity index (χ2v) is 6.83. The average Bonchev–Trinajstić information content (AvgIpc) is 2.56. The molecule has 4 heteroatoms. The van der Waals surface area contributed by atoms with Gasteiger partial charge in [0.15, 0.2) is 0 Å². The zero-order valence-electron chi connectivity index (χ0n) is 12.4. The molecule has 108 valence electrons. The summed E-state index contributed by atoms with van der Waals surface area (Å²) >= 11 is 6.28. The monoisotopic (exact) mass is 284 g/mol. The summed E-state index contributed by atoms with van der Waals surface area (Å²) in [6.07, 6.45) is 4.59. The Labute approximate surface area is 121 Å². The first kappa shape index (κ1) is 14.9. The molecule has 0 spiro atoms. The van der Waals surface area contributed by atoms with Gasteiger partial charge in [0.25, 0.3) is 0 Å². The lowest BCUT2D eigenvalue weighted by Crippen LogP contribution is -2.37. The summed E-state index contributed by atoms with van der Waals surface area (Å²) in [6.45, 7) is 6.46. The minimum atomic E-state index is -0.602. The maximum absolute atomic E-state index is 10.8. The van der Waals surface area contributed by atoms with Gasteiger partial charge in [-0.1, -0.05) is 25.4 Å². The maximum atomic E-state index is 10.8. The predicted octanol–water partition coefficient (Wildman–Crippen LogP) is 3.50. The van der Waals surface area contributed by atoms with E-state index in [1.807, 2.05) is 18.7 Å². The zero-order valence-corrected chi connectivity index (χ0v) is 13.2. The first-order valence-electron chi connectivity index (χ1n) is 7.23. The van der Waals surface area contributed by atoms with Crippen LogP contribution in [-0.4, -0.2) is 20.5 Å². The highest BCUT2D eigenvalue weighted by molar-refractivity contribution is 6.31. The number of nitrogens with zero attached hydrogens (tertiary/aromatic N) is 2. The highest BCUT2D eigenvalue weighted by Gasteiger charge is 2.35. The van der Waals surface area contributed by atoms with Gasteiger partial charge in [-0.2, -0.15) is 5.10 Å². The molecule has 1 heterocycles. The van der Waals surface area contributed by atoms with Gasteiger partial charge >= 0.3 is 0 Å². The Balaban J connectivity index is 2.07. The van der Waals surface area contributed by atoms with E-state index in [1.54, 1.807) is 0 Å². The Morgan fingerprint density at radius 2 is 2.00 bits per heavy atom. The quantitative estimate of drug-likeness (QED) is 0.922. The molecular weight excluding hydrogens is 260 g/mol. The van der Waals surface area contributed by atoms with Crippen LogP contribution in [0.1, 0.15) is 50.9 Å². The van der Waals surface area contributed by atoms with E-state index in [0.29, 0.717) is 17.4 Å². The van der Waals surface area contributed by atoms with E-state index >= 15 is 0 Å². The Kier molecular flexibility index (Phi) is 4.26. The van der Waals surface area contributed by atoms with Crippen molar-refractivity contribution < 1.29 is 5.11 Å². The third-order valence-electron chi connectivity index (χ3n) is 4.66. The van der Waals surface area contributed by atoms with Gasteiger partial charge in [0, 0.05) is 13.5 Å². The van der Waals surface area contributed by atoms with Gasteiger partial charge in [0.2, 0.25) is 0 Å². The fourth-order valence-corrected chi connectivity index (χ4v) is 3.43. The molecule has 0 aromatic carbocycles. The third kappa shape index (κ3) is 3.14. The van der Waals surface area contributed by atoms with Crippen molar-refractivity contribution in [2.45, 2.75) is 58.5 Å². The SMILES string of the molecule is Cc1nn(C)c(CC2(O)CCC(C(C)C)CC2)c1Cl.